The van der Waals surface area contributed by atoms with E-state index in [1.54, 1.807) is 36.4 Å². The number of rotatable bonds is 7. The molecule has 6 heteroatoms. The van der Waals surface area contributed by atoms with E-state index in [2.05, 4.69) is 5.32 Å². The zero-order valence-corrected chi connectivity index (χ0v) is 14.8. The molecule has 132 valence electrons. The van der Waals surface area contributed by atoms with Crippen LogP contribution >= 0.6 is 11.6 Å². The van der Waals surface area contributed by atoms with Crippen LogP contribution in [0.1, 0.15) is 17.2 Å². The lowest BCUT2D eigenvalue weighted by Gasteiger charge is -2.21. The van der Waals surface area contributed by atoms with Gasteiger partial charge < -0.3 is 14.8 Å². The van der Waals surface area contributed by atoms with Crippen LogP contribution in [0.4, 0.5) is 0 Å². The molecule has 0 aromatic heterocycles. The molecule has 25 heavy (non-hydrogen) atoms. The van der Waals surface area contributed by atoms with Gasteiger partial charge >= 0.3 is 5.97 Å². The Labute approximate surface area is 151 Å². The van der Waals surface area contributed by atoms with Crippen LogP contribution in [0.25, 0.3) is 0 Å². The first-order chi connectivity index (χ1) is 12.0. The van der Waals surface area contributed by atoms with Crippen LogP contribution < -0.4 is 5.32 Å². The molecule has 0 aliphatic carbocycles. The molecule has 0 bridgehead atoms. The van der Waals surface area contributed by atoms with Crippen molar-refractivity contribution in [2.24, 2.45) is 0 Å². The lowest BCUT2D eigenvalue weighted by molar-refractivity contribution is -0.146. The van der Waals surface area contributed by atoms with Gasteiger partial charge in [-0.25, -0.2) is 4.79 Å². The Morgan fingerprint density at radius 3 is 2.24 bits per heavy atom. The van der Waals surface area contributed by atoms with Gasteiger partial charge in [0.2, 0.25) is 0 Å². The van der Waals surface area contributed by atoms with Gasteiger partial charge in [0.25, 0.3) is 5.91 Å². The zero-order chi connectivity index (χ0) is 18.2. The normalized spacial score (nSPS) is 12.9. The van der Waals surface area contributed by atoms with Crippen LogP contribution in [0, 0.1) is 0 Å². The topological polar surface area (TPSA) is 64.6 Å². The maximum Gasteiger partial charge on any atom is 0.328 e. The van der Waals surface area contributed by atoms with Gasteiger partial charge in [-0.1, -0.05) is 54.1 Å². The first-order valence-electron chi connectivity index (χ1n) is 7.75. The van der Waals surface area contributed by atoms with Gasteiger partial charge in [0.15, 0.2) is 6.10 Å². The number of methoxy groups -OCH3 is 2. The Bertz CT molecular complexity index is 703. The average Bonchev–Trinajstić information content (AvgIpc) is 2.64. The average molecular weight is 362 g/mol. The second-order valence-corrected chi connectivity index (χ2v) is 5.88. The first kappa shape index (κ1) is 19.0. The standard InChI is InChI=1S/C19H20ClNO4/c1-24-17(14-6-4-3-5-7-14)18(22)21-16(19(23)25-2)12-13-8-10-15(20)11-9-13/h3-11,16-17H,12H2,1-2H3,(H,21,22)/t16-,17-/m1/s1. The fourth-order valence-corrected chi connectivity index (χ4v) is 2.59. The molecule has 2 rings (SSSR count). The number of hydrogen-bond donors (Lipinski definition) is 1. The van der Waals surface area contributed by atoms with Crippen LogP contribution in [-0.2, 0) is 25.5 Å². The van der Waals surface area contributed by atoms with Crippen molar-refractivity contribution in [3.63, 3.8) is 0 Å². The van der Waals surface area contributed by atoms with Crippen molar-refractivity contribution in [1.29, 1.82) is 0 Å². The second-order valence-electron chi connectivity index (χ2n) is 5.44. The molecule has 2 atom stereocenters. The van der Waals surface area contributed by atoms with E-state index >= 15 is 0 Å². The number of amides is 1. The molecule has 5 nitrogen and oxygen atoms in total. The second kappa shape index (κ2) is 9.20. The van der Waals surface area contributed by atoms with Crippen LogP contribution in [0.15, 0.2) is 54.6 Å². The summed E-state index contributed by atoms with van der Waals surface area (Å²) in [6.45, 7) is 0. The smallest absolute Gasteiger partial charge is 0.328 e. The van der Waals surface area contributed by atoms with E-state index in [-0.39, 0.29) is 0 Å². The first-order valence-corrected chi connectivity index (χ1v) is 8.13. The minimum Gasteiger partial charge on any atom is -0.467 e. The summed E-state index contributed by atoms with van der Waals surface area (Å²) in [4.78, 5) is 24.6. The summed E-state index contributed by atoms with van der Waals surface area (Å²) in [5.41, 5.74) is 1.56. The molecule has 0 aliphatic heterocycles. The van der Waals surface area contributed by atoms with Crippen molar-refractivity contribution < 1.29 is 19.1 Å². The van der Waals surface area contributed by atoms with Crippen molar-refractivity contribution in [1.82, 2.24) is 5.32 Å². The lowest BCUT2D eigenvalue weighted by Crippen LogP contribution is -2.45. The van der Waals surface area contributed by atoms with Gasteiger partial charge in [0, 0.05) is 18.6 Å². The Morgan fingerprint density at radius 2 is 1.68 bits per heavy atom. The number of nitrogens with one attached hydrogen (secondary N) is 1. The van der Waals surface area contributed by atoms with Crippen LogP contribution in [0.2, 0.25) is 5.02 Å². The van der Waals surface area contributed by atoms with E-state index < -0.39 is 24.0 Å². The monoisotopic (exact) mass is 361 g/mol. The molecule has 2 aromatic rings. The summed E-state index contributed by atoms with van der Waals surface area (Å²) in [5.74, 6) is -0.927. The largest absolute Gasteiger partial charge is 0.467 e. The molecule has 0 aliphatic rings. The van der Waals surface area contributed by atoms with E-state index in [1.807, 2.05) is 18.2 Å². The van der Waals surface area contributed by atoms with Crippen molar-refractivity contribution in [2.45, 2.75) is 18.6 Å². The molecule has 0 saturated heterocycles. The lowest BCUT2D eigenvalue weighted by atomic mass is 10.0. The quantitative estimate of drug-likeness (QED) is 0.770. The summed E-state index contributed by atoms with van der Waals surface area (Å²) in [6.07, 6.45) is -0.514. The number of ether oxygens (including phenoxy) is 2. The SMILES string of the molecule is COC(=O)[C@@H](Cc1ccc(Cl)cc1)NC(=O)[C@H](OC)c1ccccc1. The van der Waals surface area contributed by atoms with Crippen LogP contribution in [-0.4, -0.2) is 32.1 Å². The van der Waals surface area contributed by atoms with Gasteiger partial charge in [-0.2, -0.15) is 0 Å². The Hall–Kier alpha value is -2.37. The van der Waals surface area contributed by atoms with Gasteiger partial charge in [-0.05, 0) is 23.3 Å². The van der Waals surface area contributed by atoms with Gasteiger partial charge in [0.05, 0.1) is 7.11 Å². The maximum absolute atomic E-state index is 12.6. The van der Waals surface area contributed by atoms with Crippen LogP contribution in [0.5, 0.6) is 0 Å². The molecular formula is C19H20ClNO4. The number of carbonyl (C=O) groups excluding carboxylic acids is 2. The molecule has 0 heterocycles. The minimum atomic E-state index is -0.819. The third-order valence-corrected chi connectivity index (χ3v) is 3.98. The highest BCUT2D eigenvalue weighted by Crippen LogP contribution is 2.17. The fraction of sp³-hybridized carbons (Fsp3) is 0.263. The number of hydrogen-bond acceptors (Lipinski definition) is 4. The molecule has 0 saturated carbocycles. The third kappa shape index (κ3) is 5.31. The summed E-state index contributed by atoms with van der Waals surface area (Å²) >= 11 is 5.87. The molecular weight excluding hydrogens is 342 g/mol. The molecule has 1 N–H and O–H groups in total. The van der Waals surface area contributed by atoms with Gasteiger partial charge in [-0.15, -0.1) is 0 Å². The van der Waals surface area contributed by atoms with Gasteiger partial charge in [0.1, 0.15) is 6.04 Å². The molecule has 2 aromatic carbocycles. The van der Waals surface area contributed by atoms with E-state index in [1.165, 1.54) is 14.2 Å². The Kier molecular flexibility index (Phi) is 6.98. The number of carbonyl (C=O) groups is 2. The van der Waals surface area contributed by atoms with Crippen molar-refractivity contribution in [3.8, 4) is 0 Å². The van der Waals surface area contributed by atoms with Crippen molar-refractivity contribution in [2.75, 3.05) is 14.2 Å². The highest BCUT2D eigenvalue weighted by Gasteiger charge is 2.27. The zero-order valence-electron chi connectivity index (χ0n) is 14.1. The van der Waals surface area contributed by atoms with E-state index in [4.69, 9.17) is 21.1 Å². The van der Waals surface area contributed by atoms with Crippen molar-refractivity contribution in [3.05, 3.63) is 70.7 Å². The fourth-order valence-electron chi connectivity index (χ4n) is 2.46. The molecule has 0 fully saturated rings. The predicted molar refractivity (Wildman–Crippen MR) is 95.3 cm³/mol. The third-order valence-electron chi connectivity index (χ3n) is 3.73. The summed E-state index contributed by atoms with van der Waals surface area (Å²) in [7, 11) is 2.73. The summed E-state index contributed by atoms with van der Waals surface area (Å²) < 4.78 is 10.1. The number of esters is 1. The predicted octanol–water partition coefficient (Wildman–Crippen LogP) is 2.93. The van der Waals surface area contributed by atoms with E-state index in [0.717, 1.165) is 5.56 Å². The molecule has 0 radical (unpaired) electrons. The maximum atomic E-state index is 12.6. The van der Waals surface area contributed by atoms with Gasteiger partial charge in [-0.3, -0.25) is 4.79 Å². The molecule has 1 amide bonds. The highest BCUT2D eigenvalue weighted by molar-refractivity contribution is 6.30. The number of halogens is 1. The van der Waals surface area contributed by atoms with E-state index in [9.17, 15) is 9.59 Å². The van der Waals surface area contributed by atoms with Crippen molar-refractivity contribution >= 4 is 23.5 Å². The number of benzene rings is 2. The molecule has 0 unspecified atom stereocenters. The Balaban J connectivity index is 2.13. The summed E-state index contributed by atoms with van der Waals surface area (Å²) in [5, 5.41) is 3.31. The molecule has 0 spiro atoms. The Morgan fingerprint density at radius 1 is 1.04 bits per heavy atom. The van der Waals surface area contributed by atoms with E-state index in [0.29, 0.717) is 17.0 Å². The summed E-state index contributed by atoms with van der Waals surface area (Å²) in [6, 6.07) is 15.3. The van der Waals surface area contributed by atoms with Crippen LogP contribution in [0.3, 0.4) is 0 Å². The minimum absolute atomic E-state index is 0.292. The highest BCUT2D eigenvalue weighted by atomic mass is 35.5.